The minimum atomic E-state index is -0.0147. The first-order valence-electron chi connectivity index (χ1n) is 5.99. The van der Waals surface area contributed by atoms with Gasteiger partial charge in [-0.2, -0.15) is 0 Å². The third-order valence-corrected chi connectivity index (χ3v) is 3.56. The standard InChI is InChI=1S/C14H21NO/c1-14(2,16-3)9-8-13-12-7-5-4-6-11(12)10-15-13/h4-7,13,15H,8-10H2,1-3H3. The van der Waals surface area contributed by atoms with Gasteiger partial charge in [-0.3, -0.25) is 0 Å². The van der Waals surface area contributed by atoms with Gasteiger partial charge >= 0.3 is 0 Å². The van der Waals surface area contributed by atoms with E-state index in [-0.39, 0.29) is 5.60 Å². The van der Waals surface area contributed by atoms with Gasteiger partial charge in [0.15, 0.2) is 0 Å². The minimum Gasteiger partial charge on any atom is -0.379 e. The Bertz CT molecular complexity index is 360. The van der Waals surface area contributed by atoms with Gasteiger partial charge in [-0.25, -0.2) is 0 Å². The summed E-state index contributed by atoms with van der Waals surface area (Å²) in [6.07, 6.45) is 2.22. The Morgan fingerprint density at radius 3 is 2.88 bits per heavy atom. The first-order valence-corrected chi connectivity index (χ1v) is 5.99. The van der Waals surface area contributed by atoms with Crippen molar-refractivity contribution >= 4 is 0 Å². The molecule has 1 aromatic rings. The molecule has 0 spiro atoms. The molecule has 0 saturated heterocycles. The minimum absolute atomic E-state index is 0.0147. The summed E-state index contributed by atoms with van der Waals surface area (Å²) in [7, 11) is 1.79. The van der Waals surface area contributed by atoms with E-state index in [1.807, 2.05) is 0 Å². The topological polar surface area (TPSA) is 21.3 Å². The molecule has 1 aromatic carbocycles. The monoisotopic (exact) mass is 219 g/mol. The molecular formula is C14H21NO. The lowest BCUT2D eigenvalue weighted by molar-refractivity contribution is 0.0119. The van der Waals surface area contributed by atoms with E-state index in [0.29, 0.717) is 6.04 Å². The molecule has 88 valence electrons. The number of ether oxygens (including phenoxy) is 1. The van der Waals surface area contributed by atoms with E-state index in [4.69, 9.17) is 4.74 Å². The van der Waals surface area contributed by atoms with Crippen molar-refractivity contribution in [2.24, 2.45) is 0 Å². The Morgan fingerprint density at radius 1 is 1.38 bits per heavy atom. The highest BCUT2D eigenvalue weighted by Crippen LogP contribution is 2.30. The Hall–Kier alpha value is -0.860. The van der Waals surface area contributed by atoms with Crippen molar-refractivity contribution in [2.45, 2.75) is 44.9 Å². The number of rotatable bonds is 4. The summed E-state index contributed by atoms with van der Waals surface area (Å²) in [5.41, 5.74) is 2.90. The second kappa shape index (κ2) is 4.56. The molecule has 1 aliphatic rings. The lowest BCUT2D eigenvalue weighted by Crippen LogP contribution is -2.24. The second-order valence-electron chi connectivity index (χ2n) is 5.13. The summed E-state index contributed by atoms with van der Waals surface area (Å²) < 4.78 is 5.46. The predicted octanol–water partition coefficient (Wildman–Crippen LogP) is 3.04. The van der Waals surface area contributed by atoms with Gasteiger partial charge in [0.2, 0.25) is 0 Å². The quantitative estimate of drug-likeness (QED) is 0.840. The molecule has 2 nitrogen and oxygen atoms in total. The van der Waals surface area contributed by atoms with Gasteiger partial charge in [0.1, 0.15) is 0 Å². The molecule has 1 atom stereocenters. The number of fused-ring (bicyclic) bond motifs is 1. The van der Waals surface area contributed by atoms with E-state index in [1.54, 1.807) is 7.11 Å². The van der Waals surface area contributed by atoms with Gasteiger partial charge in [-0.15, -0.1) is 0 Å². The number of benzene rings is 1. The maximum absolute atomic E-state index is 5.46. The molecule has 1 N–H and O–H groups in total. The van der Waals surface area contributed by atoms with Crippen LogP contribution < -0.4 is 5.32 Å². The molecule has 0 bridgehead atoms. The third-order valence-electron chi connectivity index (χ3n) is 3.56. The van der Waals surface area contributed by atoms with Crippen molar-refractivity contribution in [1.29, 1.82) is 0 Å². The highest BCUT2D eigenvalue weighted by molar-refractivity contribution is 5.33. The Balaban J connectivity index is 1.99. The summed E-state index contributed by atoms with van der Waals surface area (Å²) in [5.74, 6) is 0. The highest BCUT2D eigenvalue weighted by atomic mass is 16.5. The zero-order valence-corrected chi connectivity index (χ0v) is 10.4. The fourth-order valence-electron chi connectivity index (χ4n) is 2.23. The van der Waals surface area contributed by atoms with Crippen LogP contribution >= 0.6 is 0 Å². The smallest absolute Gasteiger partial charge is 0.0623 e. The Labute approximate surface area is 98.0 Å². The molecule has 0 aromatic heterocycles. The highest BCUT2D eigenvalue weighted by Gasteiger charge is 2.24. The lowest BCUT2D eigenvalue weighted by atomic mass is 9.95. The fraction of sp³-hybridized carbons (Fsp3) is 0.571. The molecule has 1 aliphatic heterocycles. The molecule has 1 unspecified atom stereocenters. The summed E-state index contributed by atoms with van der Waals surface area (Å²) in [4.78, 5) is 0. The molecule has 0 saturated carbocycles. The molecule has 2 rings (SSSR count). The summed E-state index contributed by atoms with van der Waals surface area (Å²) >= 11 is 0. The molecule has 0 amide bonds. The van der Waals surface area contributed by atoms with Crippen LogP contribution in [0.4, 0.5) is 0 Å². The summed E-state index contributed by atoms with van der Waals surface area (Å²) in [6, 6.07) is 9.19. The van der Waals surface area contributed by atoms with Gasteiger partial charge in [-0.1, -0.05) is 24.3 Å². The van der Waals surface area contributed by atoms with Gasteiger partial charge in [-0.05, 0) is 37.8 Å². The Kier molecular flexibility index (Phi) is 3.31. The van der Waals surface area contributed by atoms with Crippen molar-refractivity contribution in [3.8, 4) is 0 Å². The maximum Gasteiger partial charge on any atom is 0.0623 e. The first kappa shape index (κ1) is 11.6. The zero-order valence-electron chi connectivity index (χ0n) is 10.4. The number of nitrogens with one attached hydrogen (secondary N) is 1. The van der Waals surface area contributed by atoms with E-state index in [0.717, 1.165) is 19.4 Å². The number of methoxy groups -OCH3 is 1. The van der Waals surface area contributed by atoms with E-state index in [2.05, 4.69) is 43.4 Å². The molecular weight excluding hydrogens is 198 g/mol. The van der Waals surface area contributed by atoms with Crippen LogP contribution in [0.15, 0.2) is 24.3 Å². The van der Waals surface area contributed by atoms with Gasteiger partial charge in [0, 0.05) is 19.7 Å². The molecule has 1 heterocycles. The number of hydrogen-bond donors (Lipinski definition) is 1. The van der Waals surface area contributed by atoms with Crippen molar-refractivity contribution in [1.82, 2.24) is 5.32 Å². The van der Waals surface area contributed by atoms with Gasteiger partial charge < -0.3 is 10.1 Å². The Morgan fingerprint density at radius 2 is 2.12 bits per heavy atom. The van der Waals surface area contributed by atoms with Crippen molar-refractivity contribution in [3.05, 3.63) is 35.4 Å². The SMILES string of the molecule is COC(C)(C)CCC1NCc2ccccc21. The van der Waals surface area contributed by atoms with Crippen molar-refractivity contribution < 1.29 is 4.74 Å². The van der Waals surface area contributed by atoms with Crippen molar-refractivity contribution in [2.75, 3.05) is 7.11 Å². The number of hydrogen-bond acceptors (Lipinski definition) is 2. The molecule has 0 aliphatic carbocycles. The van der Waals surface area contributed by atoms with Crippen LogP contribution in [0.2, 0.25) is 0 Å². The molecule has 16 heavy (non-hydrogen) atoms. The van der Waals surface area contributed by atoms with Crippen molar-refractivity contribution in [3.63, 3.8) is 0 Å². The first-order chi connectivity index (χ1) is 7.62. The molecule has 2 heteroatoms. The second-order valence-corrected chi connectivity index (χ2v) is 5.13. The molecule has 0 fully saturated rings. The van der Waals surface area contributed by atoms with Crippen LogP contribution in [0.25, 0.3) is 0 Å². The van der Waals surface area contributed by atoms with E-state index >= 15 is 0 Å². The maximum atomic E-state index is 5.46. The fourth-order valence-corrected chi connectivity index (χ4v) is 2.23. The van der Waals surface area contributed by atoms with Crippen LogP contribution in [-0.4, -0.2) is 12.7 Å². The van der Waals surface area contributed by atoms with Crippen LogP contribution in [0, 0.1) is 0 Å². The van der Waals surface area contributed by atoms with Gasteiger partial charge in [0.05, 0.1) is 5.60 Å². The van der Waals surface area contributed by atoms with E-state index < -0.39 is 0 Å². The molecule has 0 radical (unpaired) electrons. The van der Waals surface area contributed by atoms with Crippen LogP contribution in [0.3, 0.4) is 0 Å². The largest absolute Gasteiger partial charge is 0.379 e. The lowest BCUT2D eigenvalue weighted by Gasteiger charge is -2.24. The van der Waals surface area contributed by atoms with E-state index in [9.17, 15) is 0 Å². The predicted molar refractivity (Wildman–Crippen MR) is 66.3 cm³/mol. The summed E-state index contributed by atoms with van der Waals surface area (Å²) in [5, 5.41) is 3.56. The zero-order chi connectivity index (χ0) is 11.6. The summed E-state index contributed by atoms with van der Waals surface area (Å²) in [6.45, 7) is 5.30. The van der Waals surface area contributed by atoms with Gasteiger partial charge in [0.25, 0.3) is 0 Å². The van der Waals surface area contributed by atoms with Crippen LogP contribution in [0.1, 0.15) is 43.9 Å². The average molecular weight is 219 g/mol. The third kappa shape index (κ3) is 2.45. The average Bonchev–Trinajstić information content (AvgIpc) is 2.70. The van der Waals surface area contributed by atoms with Crippen LogP contribution in [-0.2, 0) is 11.3 Å². The van der Waals surface area contributed by atoms with E-state index in [1.165, 1.54) is 11.1 Å². The van der Waals surface area contributed by atoms with Crippen LogP contribution in [0.5, 0.6) is 0 Å². The normalized spacial score (nSPS) is 19.8.